The summed E-state index contributed by atoms with van der Waals surface area (Å²) in [4.78, 5) is 3.68. The van der Waals surface area contributed by atoms with Gasteiger partial charge in [-0.05, 0) is 16.9 Å². The maximum Gasteiger partial charge on any atom is 0.0558 e. The van der Waals surface area contributed by atoms with E-state index in [0.29, 0.717) is 0 Å². The highest BCUT2D eigenvalue weighted by molar-refractivity contribution is 7.09. The molecule has 1 heterocycles. The van der Waals surface area contributed by atoms with E-state index < -0.39 is 0 Å². The Balaban J connectivity index is 2.51. The molecule has 0 aromatic carbocycles. The zero-order valence-corrected chi connectivity index (χ0v) is 10.7. The van der Waals surface area contributed by atoms with Gasteiger partial charge >= 0.3 is 0 Å². The maximum absolute atomic E-state index is 9.02. The molecule has 0 fully saturated rings. The third-order valence-electron chi connectivity index (χ3n) is 2.07. The number of thiophene rings is 1. The summed E-state index contributed by atoms with van der Waals surface area (Å²) in [5.74, 6) is 0. The Kier molecular flexibility index (Phi) is 4.77. The SMILES string of the molecule is CC(C)(C)CN(CCO)Cc1cccs1. The van der Waals surface area contributed by atoms with Crippen molar-refractivity contribution in [1.82, 2.24) is 4.90 Å². The molecule has 0 unspecified atom stereocenters. The Morgan fingerprint density at radius 1 is 1.40 bits per heavy atom. The molecule has 0 amide bonds. The van der Waals surface area contributed by atoms with Gasteiger partial charge in [-0.25, -0.2) is 0 Å². The molecule has 0 aliphatic rings. The first-order chi connectivity index (χ1) is 7.01. The third kappa shape index (κ3) is 5.30. The first-order valence-corrected chi connectivity index (χ1v) is 6.25. The second kappa shape index (κ2) is 5.64. The van der Waals surface area contributed by atoms with Gasteiger partial charge in [-0.2, -0.15) is 0 Å². The topological polar surface area (TPSA) is 23.5 Å². The molecule has 1 N–H and O–H groups in total. The second-order valence-electron chi connectivity index (χ2n) is 5.07. The first kappa shape index (κ1) is 12.7. The van der Waals surface area contributed by atoms with Crippen LogP contribution in [0.25, 0.3) is 0 Å². The molecule has 15 heavy (non-hydrogen) atoms. The van der Waals surface area contributed by atoms with E-state index >= 15 is 0 Å². The molecular formula is C12H21NOS. The summed E-state index contributed by atoms with van der Waals surface area (Å²) in [7, 11) is 0. The minimum atomic E-state index is 0.238. The number of hydrogen-bond acceptors (Lipinski definition) is 3. The van der Waals surface area contributed by atoms with Crippen LogP contribution in [0.4, 0.5) is 0 Å². The van der Waals surface area contributed by atoms with E-state index in [1.54, 1.807) is 11.3 Å². The van der Waals surface area contributed by atoms with Crippen molar-refractivity contribution in [1.29, 1.82) is 0 Å². The first-order valence-electron chi connectivity index (χ1n) is 5.37. The zero-order valence-electron chi connectivity index (χ0n) is 9.86. The summed E-state index contributed by atoms with van der Waals surface area (Å²) in [5, 5.41) is 11.1. The van der Waals surface area contributed by atoms with Gasteiger partial charge in [0.15, 0.2) is 0 Å². The summed E-state index contributed by atoms with van der Waals surface area (Å²) in [6.07, 6.45) is 0. The van der Waals surface area contributed by atoms with Gasteiger partial charge in [-0.3, -0.25) is 4.90 Å². The fourth-order valence-corrected chi connectivity index (χ4v) is 2.40. The molecule has 0 aliphatic carbocycles. The monoisotopic (exact) mass is 227 g/mol. The van der Waals surface area contributed by atoms with Gasteiger partial charge in [0.05, 0.1) is 6.61 Å². The van der Waals surface area contributed by atoms with Crippen molar-refractivity contribution in [2.24, 2.45) is 5.41 Å². The Morgan fingerprint density at radius 3 is 2.60 bits per heavy atom. The lowest BCUT2D eigenvalue weighted by Crippen LogP contribution is -2.34. The Morgan fingerprint density at radius 2 is 2.13 bits per heavy atom. The van der Waals surface area contributed by atoms with Crippen molar-refractivity contribution in [3.63, 3.8) is 0 Å². The summed E-state index contributed by atoms with van der Waals surface area (Å²) >= 11 is 1.78. The van der Waals surface area contributed by atoms with Crippen LogP contribution in [0, 0.1) is 5.41 Å². The molecule has 0 bridgehead atoms. The van der Waals surface area contributed by atoms with E-state index in [1.165, 1.54) is 4.88 Å². The smallest absolute Gasteiger partial charge is 0.0558 e. The van der Waals surface area contributed by atoms with Crippen molar-refractivity contribution >= 4 is 11.3 Å². The van der Waals surface area contributed by atoms with E-state index in [0.717, 1.165) is 19.6 Å². The standard InChI is InChI=1S/C12H21NOS/c1-12(2,3)10-13(6-7-14)9-11-5-4-8-15-11/h4-5,8,14H,6-7,9-10H2,1-3H3. The highest BCUT2D eigenvalue weighted by Crippen LogP contribution is 2.18. The van der Waals surface area contributed by atoms with Crippen LogP contribution in [0.2, 0.25) is 0 Å². The number of nitrogens with zero attached hydrogens (tertiary/aromatic N) is 1. The predicted molar refractivity (Wildman–Crippen MR) is 66.1 cm³/mol. The van der Waals surface area contributed by atoms with E-state index in [-0.39, 0.29) is 12.0 Å². The van der Waals surface area contributed by atoms with Gasteiger partial charge in [0.25, 0.3) is 0 Å². The normalized spacial score (nSPS) is 12.3. The number of aliphatic hydroxyl groups excluding tert-OH is 1. The van der Waals surface area contributed by atoms with Crippen molar-refractivity contribution in [3.05, 3.63) is 22.4 Å². The molecule has 1 aromatic rings. The van der Waals surface area contributed by atoms with Crippen LogP contribution in [0.1, 0.15) is 25.6 Å². The average molecular weight is 227 g/mol. The fraction of sp³-hybridized carbons (Fsp3) is 0.667. The average Bonchev–Trinajstić information content (AvgIpc) is 2.54. The summed E-state index contributed by atoms with van der Waals surface area (Å²) in [6, 6.07) is 4.23. The molecule has 1 rings (SSSR count). The lowest BCUT2D eigenvalue weighted by Gasteiger charge is -2.29. The molecule has 86 valence electrons. The molecule has 0 radical (unpaired) electrons. The van der Waals surface area contributed by atoms with Crippen molar-refractivity contribution in [2.45, 2.75) is 27.3 Å². The Labute approximate surface area is 96.5 Å². The van der Waals surface area contributed by atoms with Crippen LogP contribution in [0.15, 0.2) is 17.5 Å². The van der Waals surface area contributed by atoms with Crippen molar-refractivity contribution in [2.75, 3.05) is 19.7 Å². The Hall–Kier alpha value is -0.380. The van der Waals surface area contributed by atoms with Gasteiger partial charge in [0, 0.05) is 24.5 Å². The number of rotatable bonds is 5. The molecule has 0 saturated carbocycles. The molecule has 1 aromatic heterocycles. The summed E-state index contributed by atoms with van der Waals surface area (Å²) < 4.78 is 0. The van der Waals surface area contributed by atoms with Crippen LogP contribution in [-0.2, 0) is 6.54 Å². The van der Waals surface area contributed by atoms with Crippen LogP contribution in [0.3, 0.4) is 0 Å². The highest BCUT2D eigenvalue weighted by Gasteiger charge is 2.16. The number of hydrogen-bond donors (Lipinski definition) is 1. The third-order valence-corrected chi connectivity index (χ3v) is 2.93. The molecule has 0 atom stereocenters. The lowest BCUT2D eigenvalue weighted by molar-refractivity contribution is 0.147. The minimum absolute atomic E-state index is 0.238. The van der Waals surface area contributed by atoms with Crippen molar-refractivity contribution in [3.8, 4) is 0 Å². The van der Waals surface area contributed by atoms with Crippen LogP contribution >= 0.6 is 11.3 Å². The second-order valence-corrected chi connectivity index (χ2v) is 6.11. The minimum Gasteiger partial charge on any atom is -0.395 e. The van der Waals surface area contributed by atoms with Crippen LogP contribution in [-0.4, -0.2) is 29.7 Å². The highest BCUT2D eigenvalue weighted by atomic mass is 32.1. The van der Waals surface area contributed by atoms with E-state index in [1.807, 2.05) is 0 Å². The Bertz CT molecular complexity index is 264. The quantitative estimate of drug-likeness (QED) is 0.836. The van der Waals surface area contributed by atoms with Crippen LogP contribution < -0.4 is 0 Å². The predicted octanol–water partition coefficient (Wildman–Crippen LogP) is 2.59. The largest absolute Gasteiger partial charge is 0.395 e. The fourth-order valence-electron chi connectivity index (χ4n) is 1.65. The van der Waals surface area contributed by atoms with Gasteiger partial charge in [-0.1, -0.05) is 26.8 Å². The molecule has 3 heteroatoms. The van der Waals surface area contributed by atoms with Gasteiger partial charge in [0.2, 0.25) is 0 Å². The molecule has 0 aliphatic heterocycles. The zero-order chi connectivity index (χ0) is 11.3. The maximum atomic E-state index is 9.02. The molecule has 2 nitrogen and oxygen atoms in total. The molecule has 0 saturated heterocycles. The lowest BCUT2D eigenvalue weighted by atomic mass is 9.96. The van der Waals surface area contributed by atoms with E-state index in [2.05, 4.69) is 43.2 Å². The van der Waals surface area contributed by atoms with E-state index in [9.17, 15) is 0 Å². The number of aliphatic hydroxyl groups is 1. The van der Waals surface area contributed by atoms with Gasteiger partial charge in [0.1, 0.15) is 0 Å². The van der Waals surface area contributed by atoms with Gasteiger partial charge < -0.3 is 5.11 Å². The van der Waals surface area contributed by atoms with Crippen LogP contribution in [0.5, 0.6) is 0 Å². The molecule has 0 spiro atoms. The summed E-state index contributed by atoms with van der Waals surface area (Å²) in [5.41, 5.74) is 0.284. The van der Waals surface area contributed by atoms with Crippen molar-refractivity contribution < 1.29 is 5.11 Å². The summed E-state index contributed by atoms with van der Waals surface area (Å²) in [6.45, 7) is 9.65. The molecular weight excluding hydrogens is 206 g/mol. The van der Waals surface area contributed by atoms with Gasteiger partial charge in [-0.15, -0.1) is 11.3 Å². The van der Waals surface area contributed by atoms with E-state index in [4.69, 9.17) is 5.11 Å².